The molecule has 0 aliphatic heterocycles. The SMILES string of the molecule is CN(CC(=O)c1ccc(F)c(F)c1)Cc1cc(Br)cs1. The van der Waals surface area contributed by atoms with Crippen molar-refractivity contribution in [2.45, 2.75) is 6.54 Å². The molecular weight excluding hydrogens is 348 g/mol. The molecule has 0 bridgehead atoms. The molecule has 0 aliphatic rings. The van der Waals surface area contributed by atoms with Crippen molar-refractivity contribution in [2.75, 3.05) is 13.6 Å². The van der Waals surface area contributed by atoms with E-state index in [4.69, 9.17) is 0 Å². The van der Waals surface area contributed by atoms with Gasteiger partial charge in [-0.25, -0.2) is 8.78 Å². The van der Waals surface area contributed by atoms with Gasteiger partial charge in [-0.3, -0.25) is 9.69 Å². The molecule has 6 heteroatoms. The van der Waals surface area contributed by atoms with Crippen LogP contribution in [0.25, 0.3) is 0 Å². The highest BCUT2D eigenvalue weighted by Crippen LogP contribution is 2.21. The highest BCUT2D eigenvalue weighted by Gasteiger charge is 2.13. The van der Waals surface area contributed by atoms with E-state index in [2.05, 4.69) is 15.9 Å². The molecule has 0 atom stereocenters. The molecule has 1 heterocycles. The maximum Gasteiger partial charge on any atom is 0.176 e. The lowest BCUT2D eigenvalue weighted by Gasteiger charge is -2.14. The molecule has 1 aromatic carbocycles. The Labute approximate surface area is 128 Å². The van der Waals surface area contributed by atoms with E-state index in [9.17, 15) is 13.6 Å². The first kappa shape index (κ1) is 15.3. The van der Waals surface area contributed by atoms with Gasteiger partial charge in [-0.1, -0.05) is 0 Å². The van der Waals surface area contributed by atoms with Gasteiger partial charge >= 0.3 is 0 Å². The van der Waals surface area contributed by atoms with Gasteiger partial charge < -0.3 is 0 Å². The van der Waals surface area contributed by atoms with Crippen LogP contribution in [0, 0.1) is 11.6 Å². The summed E-state index contributed by atoms with van der Waals surface area (Å²) in [6, 6.07) is 5.20. The second-order valence-corrected chi connectivity index (χ2v) is 6.37. The summed E-state index contributed by atoms with van der Waals surface area (Å²) < 4.78 is 26.9. The average Bonchev–Trinajstić information content (AvgIpc) is 2.77. The number of rotatable bonds is 5. The third kappa shape index (κ3) is 3.94. The molecule has 0 saturated heterocycles. The van der Waals surface area contributed by atoms with Gasteiger partial charge in [0.2, 0.25) is 0 Å². The largest absolute Gasteiger partial charge is 0.294 e. The first-order valence-electron chi connectivity index (χ1n) is 5.85. The monoisotopic (exact) mass is 359 g/mol. The van der Waals surface area contributed by atoms with Crippen molar-refractivity contribution in [2.24, 2.45) is 0 Å². The van der Waals surface area contributed by atoms with Gasteiger partial charge in [0.15, 0.2) is 17.4 Å². The van der Waals surface area contributed by atoms with Crippen molar-refractivity contribution in [3.8, 4) is 0 Å². The third-order valence-corrected chi connectivity index (χ3v) is 4.38. The molecular formula is C14H12BrF2NOS. The van der Waals surface area contributed by atoms with Crippen LogP contribution in [0.5, 0.6) is 0 Å². The number of hydrogen-bond donors (Lipinski definition) is 0. The van der Waals surface area contributed by atoms with E-state index in [1.54, 1.807) is 11.3 Å². The fourth-order valence-corrected chi connectivity index (χ4v) is 3.29. The number of thiophene rings is 1. The Hall–Kier alpha value is -1.11. The van der Waals surface area contributed by atoms with Crippen LogP contribution in [0.15, 0.2) is 34.1 Å². The molecule has 1 aromatic heterocycles. The number of ketones is 1. The average molecular weight is 360 g/mol. The van der Waals surface area contributed by atoms with Crippen molar-refractivity contribution in [3.05, 3.63) is 56.2 Å². The van der Waals surface area contributed by atoms with Gasteiger partial charge in [0.25, 0.3) is 0 Å². The maximum absolute atomic E-state index is 13.1. The van der Waals surface area contributed by atoms with Crippen LogP contribution in [0.1, 0.15) is 15.2 Å². The zero-order chi connectivity index (χ0) is 14.7. The van der Waals surface area contributed by atoms with Gasteiger partial charge in [0, 0.05) is 26.8 Å². The molecule has 106 valence electrons. The summed E-state index contributed by atoms with van der Waals surface area (Å²) in [5.41, 5.74) is 0.183. The Morgan fingerprint density at radius 1 is 1.30 bits per heavy atom. The fourth-order valence-electron chi connectivity index (χ4n) is 1.76. The Kier molecular flexibility index (Phi) is 5.01. The number of halogens is 3. The van der Waals surface area contributed by atoms with Gasteiger partial charge in [0.05, 0.1) is 6.54 Å². The minimum Gasteiger partial charge on any atom is -0.294 e. The summed E-state index contributed by atoms with van der Waals surface area (Å²) in [5.74, 6) is -2.18. The normalized spacial score (nSPS) is 11.1. The highest BCUT2D eigenvalue weighted by molar-refractivity contribution is 9.10. The van der Waals surface area contributed by atoms with Crippen LogP contribution in [0.3, 0.4) is 0 Å². The lowest BCUT2D eigenvalue weighted by molar-refractivity contribution is 0.0943. The predicted molar refractivity (Wildman–Crippen MR) is 79.0 cm³/mol. The number of carbonyl (C=O) groups is 1. The van der Waals surface area contributed by atoms with E-state index in [0.29, 0.717) is 6.54 Å². The zero-order valence-corrected chi connectivity index (χ0v) is 13.1. The Bertz CT molecular complexity index is 629. The summed E-state index contributed by atoms with van der Waals surface area (Å²) >= 11 is 4.97. The standard InChI is InChI=1S/C14H12BrF2NOS/c1-18(6-11-5-10(15)8-20-11)7-14(19)9-2-3-12(16)13(17)4-9/h2-5,8H,6-7H2,1H3. The smallest absolute Gasteiger partial charge is 0.176 e. The number of Topliss-reactive ketones (excluding diaryl/α,β-unsaturated/α-hetero) is 1. The molecule has 0 amide bonds. The highest BCUT2D eigenvalue weighted by atomic mass is 79.9. The summed E-state index contributed by atoms with van der Waals surface area (Å²) in [4.78, 5) is 14.9. The molecule has 0 radical (unpaired) electrons. The van der Waals surface area contributed by atoms with E-state index >= 15 is 0 Å². The van der Waals surface area contributed by atoms with Crippen LogP contribution < -0.4 is 0 Å². The molecule has 2 rings (SSSR count). The van der Waals surface area contributed by atoms with E-state index in [0.717, 1.165) is 21.5 Å². The quantitative estimate of drug-likeness (QED) is 0.749. The van der Waals surface area contributed by atoms with Crippen molar-refractivity contribution >= 4 is 33.0 Å². The van der Waals surface area contributed by atoms with Gasteiger partial charge in [-0.15, -0.1) is 11.3 Å². The first-order chi connectivity index (χ1) is 9.45. The van der Waals surface area contributed by atoms with Crippen molar-refractivity contribution < 1.29 is 13.6 Å². The topological polar surface area (TPSA) is 20.3 Å². The Balaban J connectivity index is 1.98. The zero-order valence-electron chi connectivity index (χ0n) is 10.7. The number of carbonyl (C=O) groups excluding carboxylic acids is 1. The molecule has 0 aliphatic carbocycles. The number of benzene rings is 1. The second kappa shape index (κ2) is 6.56. The molecule has 0 unspecified atom stereocenters. The third-order valence-electron chi connectivity index (χ3n) is 2.70. The molecule has 2 aromatic rings. The van der Waals surface area contributed by atoms with Gasteiger partial charge in [-0.2, -0.15) is 0 Å². The summed E-state index contributed by atoms with van der Waals surface area (Å²) in [6.07, 6.45) is 0. The second-order valence-electron chi connectivity index (χ2n) is 4.46. The molecule has 2 nitrogen and oxygen atoms in total. The fraction of sp³-hybridized carbons (Fsp3) is 0.214. The lowest BCUT2D eigenvalue weighted by Crippen LogP contribution is -2.25. The van der Waals surface area contributed by atoms with E-state index in [1.807, 2.05) is 23.4 Å². The van der Waals surface area contributed by atoms with Crippen LogP contribution in [0.2, 0.25) is 0 Å². The molecule has 0 fully saturated rings. The summed E-state index contributed by atoms with van der Waals surface area (Å²) in [5, 5.41) is 1.97. The van der Waals surface area contributed by atoms with E-state index in [1.165, 1.54) is 6.07 Å². The molecule has 0 N–H and O–H groups in total. The Morgan fingerprint density at radius 2 is 2.05 bits per heavy atom. The lowest BCUT2D eigenvalue weighted by atomic mass is 10.1. The van der Waals surface area contributed by atoms with E-state index in [-0.39, 0.29) is 17.9 Å². The minimum absolute atomic E-state index is 0.153. The predicted octanol–water partition coefficient (Wildman–Crippen LogP) is 4.10. The van der Waals surface area contributed by atoms with Crippen LogP contribution in [0.4, 0.5) is 8.78 Å². The van der Waals surface area contributed by atoms with Crippen molar-refractivity contribution in [3.63, 3.8) is 0 Å². The first-order valence-corrected chi connectivity index (χ1v) is 7.52. The summed E-state index contributed by atoms with van der Waals surface area (Å²) in [7, 11) is 1.81. The molecule has 20 heavy (non-hydrogen) atoms. The maximum atomic E-state index is 13.1. The van der Waals surface area contributed by atoms with Crippen molar-refractivity contribution in [1.29, 1.82) is 0 Å². The van der Waals surface area contributed by atoms with E-state index < -0.39 is 11.6 Å². The van der Waals surface area contributed by atoms with Crippen LogP contribution >= 0.6 is 27.3 Å². The molecule has 0 spiro atoms. The van der Waals surface area contributed by atoms with Crippen LogP contribution in [-0.4, -0.2) is 24.3 Å². The van der Waals surface area contributed by atoms with Gasteiger partial charge in [-0.05, 0) is 47.2 Å². The number of likely N-dealkylation sites (N-methyl/N-ethyl adjacent to an activating group) is 1. The number of nitrogens with zero attached hydrogens (tertiary/aromatic N) is 1. The minimum atomic E-state index is -0.999. The van der Waals surface area contributed by atoms with Gasteiger partial charge in [0.1, 0.15) is 0 Å². The summed E-state index contributed by atoms with van der Waals surface area (Å²) in [6.45, 7) is 0.784. The Morgan fingerprint density at radius 3 is 2.65 bits per heavy atom. The van der Waals surface area contributed by atoms with Crippen molar-refractivity contribution in [1.82, 2.24) is 4.90 Å². The van der Waals surface area contributed by atoms with Crippen LogP contribution in [-0.2, 0) is 6.54 Å². The molecule has 0 saturated carbocycles. The number of hydrogen-bond acceptors (Lipinski definition) is 3.